The number of hydrogen-bond acceptors (Lipinski definition) is 5. The van der Waals surface area contributed by atoms with Crippen molar-refractivity contribution in [2.45, 2.75) is 6.92 Å². The minimum Gasteiger partial charge on any atom is -0.455 e. The molecule has 3 rings (SSSR count). The molecule has 0 amide bonds. The Bertz CT molecular complexity index is 781. The van der Waals surface area contributed by atoms with Crippen molar-refractivity contribution in [3.8, 4) is 22.8 Å². The molecule has 0 saturated carbocycles. The molecule has 3 heterocycles. The largest absolute Gasteiger partial charge is 0.455 e. The Morgan fingerprint density at radius 3 is 2.81 bits per heavy atom. The SMILES string of the molecule is Cc1nc(N)ccc1Oc1ccnc(-c2cnn(C)c2)c1. The quantitative estimate of drug-likeness (QED) is 0.798. The Balaban J connectivity index is 1.89. The molecule has 6 heteroatoms. The van der Waals surface area contributed by atoms with Gasteiger partial charge in [-0.2, -0.15) is 5.10 Å². The van der Waals surface area contributed by atoms with E-state index in [4.69, 9.17) is 10.5 Å². The van der Waals surface area contributed by atoms with E-state index >= 15 is 0 Å². The van der Waals surface area contributed by atoms with Crippen LogP contribution in [0.25, 0.3) is 11.3 Å². The van der Waals surface area contributed by atoms with E-state index in [9.17, 15) is 0 Å². The molecule has 0 aromatic carbocycles. The summed E-state index contributed by atoms with van der Waals surface area (Å²) in [6.45, 7) is 1.86. The summed E-state index contributed by atoms with van der Waals surface area (Å²) in [6, 6.07) is 7.19. The fourth-order valence-corrected chi connectivity index (χ4v) is 1.99. The lowest BCUT2D eigenvalue weighted by atomic mass is 10.2. The molecule has 0 spiro atoms. The average Bonchev–Trinajstić information content (AvgIpc) is 2.89. The predicted molar refractivity (Wildman–Crippen MR) is 79.9 cm³/mol. The van der Waals surface area contributed by atoms with Crippen LogP contribution < -0.4 is 10.5 Å². The number of ether oxygens (including phenoxy) is 1. The third-order valence-corrected chi connectivity index (χ3v) is 3.02. The molecule has 2 N–H and O–H groups in total. The van der Waals surface area contributed by atoms with Crippen molar-refractivity contribution < 1.29 is 4.74 Å². The molecule has 106 valence electrons. The van der Waals surface area contributed by atoms with E-state index in [-0.39, 0.29) is 0 Å². The summed E-state index contributed by atoms with van der Waals surface area (Å²) in [4.78, 5) is 8.51. The van der Waals surface area contributed by atoms with Gasteiger partial charge in [0.1, 0.15) is 17.3 Å². The fourth-order valence-electron chi connectivity index (χ4n) is 1.99. The molecule has 0 atom stereocenters. The molecule has 0 fully saturated rings. The second-order valence-corrected chi connectivity index (χ2v) is 4.70. The van der Waals surface area contributed by atoms with Crippen LogP contribution in [0, 0.1) is 6.92 Å². The predicted octanol–water partition coefficient (Wildman–Crippen LogP) is 2.56. The Labute approximate surface area is 122 Å². The maximum Gasteiger partial charge on any atom is 0.148 e. The number of nitrogens with zero attached hydrogens (tertiary/aromatic N) is 4. The lowest BCUT2D eigenvalue weighted by Crippen LogP contribution is -1.95. The first kappa shape index (κ1) is 13.1. The van der Waals surface area contributed by atoms with Crippen LogP contribution in [-0.4, -0.2) is 19.7 Å². The van der Waals surface area contributed by atoms with Crippen LogP contribution in [0.2, 0.25) is 0 Å². The monoisotopic (exact) mass is 281 g/mol. The lowest BCUT2D eigenvalue weighted by Gasteiger charge is -2.09. The van der Waals surface area contributed by atoms with Gasteiger partial charge >= 0.3 is 0 Å². The molecule has 3 aromatic heterocycles. The average molecular weight is 281 g/mol. The van der Waals surface area contributed by atoms with Gasteiger partial charge in [0, 0.05) is 31.1 Å². The highest BCUT2D eigenvalue weighted by atomic mass is 16.5. The van der Waals surface area contributed by atoms with Gasteiger partial charge in [-0.1, -0.05) is 0 Å². The molecule has 3 aromatic rings. The summed E-state index contributed by atoms with van der Waals surface area (Å²) in [5.74, 6) is 1.84. The highest BCUT2D eigenvalue weighted by molar-refractivity contribution is 5.59. The smallest absolute Gasteiger partial charge is 0.148 e. The molecule has 0 saturated heterocycles. The van der Waals surface area contributed by atoms with E-state index in [1.807, 2.05) is 32.3 Å². The summed E-state index contributed by atoms with van der Waals surface area (Å²) in [6.07, 6.45) is 5.38. The molecule has 0 aliphatic rings. The Kier molecular flexibility index (Phi) is 3.27. The molecular formula is C15H15N5O. The third-order valence-electron chi connectivity index (χ3n) is 3.02. The number of pyridine rings is 2. The van der Waals surface area contributed by atoms with E-state index in [2.05, 4.69) is 15.1 Å². The molecule has 21 heavy (non-hydrogen) atoms. The number of rotatable bonds is 3. The van der Waals surface area contributed by atoms with E-state index in [0.717, 1.165) is 17.0 Å². The standard InChI is InChI=1S/C15H15N5O/c1-10-14(3-4-15(16)19-10)21-12-5-6-17-13(7-12)11-8-18-20(2)9-11/h3-9H,1-2H3,(H2,16,19). The van der Waals surface area contributed by atoms with Crippen LogP contribution in [0.3, 0.4) is 0 Å². The summed E-state index contributed by atoms with van der Waals surface area (Å²) in [7, 11) is 1.87. The first-order valence-corrected chi connectivity index (χ1v) is 6.48. The summed E-state index contributed by atoms with van der Waals surface area (Å²) < 4.78 is 7.58. The second-order valence-electron chi connectivity index (χ2n) is 4.70. The van der Waals surface area contributed by atoms with Crippen molar-refractivity contribution in [1.82, 2.24) is 19.7 Å². The zero-order chi connectivity index (χ0) is 14.8. The maximum absolute atomic E-state index is 5.85. The van der Waals surface area contributed by atoms with Crippen molar-refractivity contribution >= 4 is 5.82 Å². The second kappa shape index (κ2) is 5.24. The minimum atomic E-state index is 0.477. The number of hydrogen-bond donors (Lipinski definition) is 1. The lowest BCUT2D eigenvalue weighted by molar-refractivity contribution is 0.475. The van der Waals surface area contributed by atoms with Crippen molar-refractivity contribution in [3.63, 3.8) is 0 Å². The fraction of sp³-hybridized carbons (Fsp3) is 0.133. The minimum absolute atomic E-state index is 0.477. The van der Waals surface area contributed by atoms with Gasteiger partial charge in [0.25, 0.3) is 0 Å². The van der Waals surface area contributed by atoms with E-state index in [0.29, 0.717) is 17.3 Å². The molecular weight excluding hydrogens is 266 g/mol. The number of anilines is 1. The van der Waals surface area contributed by atoms with E-state index in [1.165, 1.54) is 0 Å². The molecule has 0 unspecified atom stereocenters. The summed E-state index contributed by atoms with van der Waals surface area (Å²) in [5.41, 5.74) is 8.13. The number of nitrogens with two attached hydrogens (primary N) is 1. The first-order valence-electron chi connectivity index (χ1n) is 6.48. The van der Waals surface area contributed by atoms with Crippen LogP contribution in [0.4, 0.5) is 5.82 Å². The van der Waals surface area contributed by atoms with Crippen molar-refractivity contribution in [2.24, 2.45) is 7.05 Å². The molecule has 0 radical (unpaired) electrons. The molecule has 0 bridgehead atoms. The zero-order valence-electron chi connectivity index (χ0n) is 11.8. The molecule has 0 aliphatic carbocycles. The van der Waals surface area contributed by atoms with Crippen molar-refractivity contribution in [3.05, 3.63) is 48.5 Å². The van der Waals surface area contributed by atoms with Crippen LogP contribution in [0.15, 0.2) is 42.9 Å². The normalized spacial score (nSPS) is 10.6. The van der Waals surface area contributed by atoms with Crippen LogP contribution in [0.1, 0.15) is 5.69 Å². The van der Waals surface area contributed by atoms with Gasteiger partial charge in [-0.3, -0.25) is 9.67 Å². The van der Waals surface area contributed by atoms with E-state index in [1.54, 1.807) is 29.2 Å². The van der Waals surface area contributed by atoms with Gasteiger partial charge < -0.3 is 10.5 Å². The number of aromatic nitrogens is 4. The van der Waals surface area contributed by atoms with Gasteiger partial charge in [-0.25, -0.2) is 4.98 Å². The Hall–Kier alpha value is -2.89. The van der Waals surface area contributed by atoms with Gasteiger partial charge in [-0.05, 0) is 25.1 Å². The Morgan fingerprint density at radius 1 is 1.24 bits per heavy atom. The van der Waals surface area contributed by atoms with Crippen molar-refractivity contribution in [1.29, 1.82) is 0 Å². The highest BCUT2D eigenvalue weighted by Gasteiger charge is 2.07. The summed E-state index contributed by atoms with van der Waals surface area (Å²) in [5, 5.41) is 4.14. The zero-order valence-corrected chi connectivity index (χ0v) is 11.8. The van der Waals surface area contributed by atoms with Gasteiger partial charge in [0.2, 0.25) is 0 Å². The highest BCUT2D eigenvalue weighted by Crippen LogP contribution is 2.27. The van der Waals surface area contributed by atoms with Gasteiger partial charge in [0.15, 0.2) is 0 Å². The summed E-state index contributed by atoms with van der Waals surface area (Å²) >= 11 is 0. The van der Waals surface area contributed by atoms with Crippen LogP contribution in [-0.2, 0) is 7.05 Å². The van der Waals surface area contributed by atoms with Gasteiger partial charge in [0.05, 0.1) is 17.6 Å². The number of aryl methyl sites for hydroxylation is 2. The molecule has 6 nitrogen and oxygen atoms in total. The third kappa shape index (κ3) is 2.84. The molecule has 0 aliphatic heterocycles. The van der Waals surface area contributed by atoms with Gasteiger partial charge in [-0.15, -0.1) is 0 Å². The maximum atomic E-state index is 5.85. The first-order chi connectivity index (χ1) is 10.1. The topological polar surface area (TPSA) is 78.8 Å². The van der Waals surface area contributed by atoms with Crippen LogP contribution in [0.5, 0.6) is 11.5 Å². The van der Waals surface area contributed by atoms with Crippen LogP contribution >= 0.6 is 0 Å². The Morgan fingerprint density at radius 2 is 2.10 bits per heavy atom. The number of nitrogen functional groups attached to an aromatic ring is 1. The van der Waals surface area contributed by atoms with Crippen molar-refractivity contribution in [2.75, 3.05) is 5.73 Å². The van der Waals surface area contributed by atoms with E-state index < -0.39 is 0 Å².